The van der Waals surface area contributed by atoms with Crippen molar-refractivity contribution in [3.8, 4) is 11.5 Å². The summed E-state index contributed by atoms with van der Waals surface area (Å²) in [5.74, 6) is -0.0268. The summed E-state index contributed by atoms with van der Waals surface area (Å²) in [4.78, 5) is 26.3. The van der Waals surface area contributed by atoms with Crippen LogP contribution in [-0.4, -0.2) is 25.8 Å². The Labute approximate surface area is 164 Å². The molecular weight excluding hydrogens is 352 g/mol. The van der Waals surface area contributed by atoms with Crippen molar-refractivity contribution in [2.45, 2.75) is 6.42 Å². The monoisotopic (exact) mass is 374 g/mol. The zero-order valence-corrected chi connectivity index (χ0v) is 15.9. The largest absolute Gasteiger partial charge is 0.493 e. The molecule has 0 heterocycles. The predicted molar refractivity (Wildman–Crippen MR) is 108 cm³/mol. The van der Waals surface area contributed by atoms with Gasteiger partial charge in [-0.25, -0.2) is 0 Å². The minimum atomic E-state index is -0.817. The fraction of sp³-hybridized carbons (Fsp3) is 0.167. The van der Waals surface area contributed by atoms with Crippen LogP contribution in [0.5, 0.6) is 11.5 Å². The lowest BCUT2D eigenvalue weighted by Gasteiger charge is -2.16. The number of methoxy groups -OCH3 is 2. The van der Waals surface area contributed by atoms with Gasteiger partial charge in [0.25, 0.3) is 0 Å². The highest BCUT2D eigenvalue weighted by Gasteiger charge is 2.29. The molecule has 3 aromatic carbocycles. The van der Waals surface area contributed by atoms with Crippen LogP contribution in [-0.2, 0) is 6.42 Å². The third kappa shape index (κ3) is 4.29. The van der Waals surface area contributed by atoms with Crippen LogP contribution in [0.2, 0.25) is 0 Å². The molecule has 0 fully saturated rings. The SMILES string of the molecule is COc1ccc(CC(C(=O)c2ccccc2)C(=O)c2ccccc2)cc1OC. The van der Waals surface area contributed by atoms with Crippen LogP contribution in [0, 0.1) is 5.92 Å². The smallest absolute Gasteiger partial charge is 0.174 e. The number of Topliss-reactive ketones (excluding diaryl/α,β-unsaturated/α-hetero) is 2. The minimum absolute atomic E-state index is 0.191. The molecule has 0 aromatic heterocycles. The summed E-state index contributed by atoms with van der Waals surface area (Å²) in [6, 6.07) is 23.3. The van der Waals surface area contributed by atoms with E-state index in [1.165, 1.54) is 0 Å². The van der Waals surface area contributed by atoms with Crippen molar-refractivity contribution in [3.63, 3.8) is 0 Å². The van der Waals surface area contributed by atoms with Gasteiger partial charge in [0.15, 0.2) is 23.1 Å². The highest BCUT2D eigenvalue weighted by Crippen LogP contribution is 2.29. The standard InChI is InChI=1S/C24H22O4/c1-27-21-14-13-17(16-22(21)28-2)15-20(23(25)18-9-5-3-6-10-18)24(26)19-11-7-4-8-12-19/h3-14,16,20H,15H2,1-2H3. The van der Waals surface area contributed by atoms with Gasteiger partial charge in [0.05, 0.1) is 20.1 Å². The molecule has 0 spiro atoms. The van der Waals surface area contributed by atoms with Crippen molar-refractivity contribution in [3.05, 3.63) is 95.6 Å². The van der Waals surface area contributed by atoms with E-state index in [1.807, 2.05) is 24.3 Å². The maximum Gasteiger partial charge on any atom is 0.174 e. The third-order valence-corrected chi connectivity index (χ3v) is 4.64. The Balaban J connectivity index is 1.97. The van der Waals surface area contributed by atoms with Gasteiger partial charge in [-0.3, -0.25) is 9.59 Å². The third-order valence-electron chi connectivity index (χ3n) is 4.64. The van der Waals surface area contributed by atoms with Crippen LogP contribution >= 0.6 is 0 Å². The summed E-state index contributed by atoms with van der Waals surface area (Å²) in [7, 11) is 3.13. The lowest BCUT2D eigenvalue weighted by atomic mass is 9.85. The molecule has 0 atom stereocenters. The molecule has 0 aliphatic rings. The molecule has 0 aliphatic carbocycles. The van der Waals surface area contributed by atoms with Crippen molar-refractivity contribution in [2.24, 2.45) is 5.92 Å². The van der Waals surface area contributed by atoms with E-state index in [9.17, 15) is 9.59 Å². The number of rotatable bonds is 8. The van der Waals surface area contributed by atoms with Gasteiger partial charge < -0.3 is 9.47 Å². The first kappa shape index (κ1) is 19.4. The first-order valence-electron chi connectivity index (χ1n) is 9.03. The van der Waals surface area contributed by atoms with Crippen LogP contribution in [0.15, 0.2) is 78.9 Å². The van der Waals surface area contributed by atoms with Gasteiger partial charge in [-0.05, 0) is 24.1 Å². The Kier molecular flexibility index (Phi) is 6.22. The molecule has 4 nitrogen and oxygen atoms in total. The van der Waals surface area contributed by atoms with Gasteiger partial charge in [0.2, 0.25) is 0 Å². The van der Waals surface area contributed by atoms with Crippen LogP contribution in [0.1, 0.15) is 26.3 Å². The number of hydrogen-bond acceptors (Lipinski definition) is 4. The van der Waals surface area contributed by atoms with E-state index in [2.05, 4.69) is 0 Å². The molecule has 4 heteroatoms. The lowest BCUT2D eigenvalue weighted by Crippen LogP contribution is -2.26. The van der Waals surface area contributed by atoms with E-state index in [0.717, 1.165) is 5.56 Å². The summed E-state index contributed by atoms with van der Waals surface area (Å²) in [6.07, 6.45) is 0.280. The van der Waals surface area contributed by atoms with E-state index in [-0.39, 0.29) is 18.0 Å². The molecule has 0 saturated carbocycles. The number of ketones is 2. The minimum Gasteiger partial charge on any atom is -0.493 e. The van der Waals surface area contributed by atoms with Gasteiger partial charge in [-0.2, -0.15) is 0 Å². The first-order valence-corrected chi connectivity index (χ1v) is 9.03. The maximum atomic E-state index is 13.2. The van der Waals surface area contributed by atoms with E-state index in [4.69, 9.17) is 9.47 Å². The van der Waals surface area contributed by atoms with Crippen molar-refractivity contribution in [1.29, 1.82) is 0 Å². The van der Waals surface area contributed by atoms with E-state index in [0.29, 0.717) is 22.6 Å². The Morgan fingerprint density at radius 3 is 1.68 bits per heavy atom. The molecule has 0 radical (unpaired) electrons. The summed E-state index contributed by atoms with van der Waals surface area (Å²) < 4.78 is 10.6. The quantitative estimate of drug-likeness (QED) is 0.426. The van der Waals surface area contributed by atoms with Crippen molar-refractivity contribution >= 4 is 11.6 Å². The molecule has 0 bridgehead atoms. The molecular formula is C24H22O4. The molecule has 28 heavy (non-hydrogen) atoms. The number of carbonyl (C=O) groups is 2. The Morgan fingerprint density at radius 1 is 0.714 bits per heavy atom. The molecule has 0 saturated heterocycles. The van der Waals surface area contributed by atoms with E-state index in [1.54, 1.807) is 68.8 Å². The summed E-state index contributed by atoms with van der Waals surface area (Å²) in [6.45, 7) is 0. The van der Waals surface area contributed by atoms with Crippen molar-refractivity contribution < 1.29 is 19.1 Å². The Bertz CT molecular complexity index is 897. The van der Waals surface area contributed by atoms with Gasteiger partial charge in [0, 0.05) is 11.1 Å². The summed E-state index contributed by atoms with van der Waals surface area (Å²) in [5.41, 5.74) is 1.88. The molecule has 0 N–H and O–H groups in total. The highest BCUT2D eigenvalue weighted by atomic mass is 16.5. The van der Waals surface area contributed by atoms with Crippen molar-refractivity contribution in [2.75, 3.05) is 14.2 Å². The maximum absolute atomic E-state index is 13.2. The summed E-state index contributed by atoms with van der Waals surface area (Å²) >= 11 is 0. The predicted octanol–water partition coefficient (Wildman–Crippen LogP) is 4.63. The zero-order valence-electron chi connectivity index (χ0n) is 15.9. The van der Waals surface area contributed by atoms with Crippen LogP contribution in [0.25, 0.3) is 0 Å². The second-order valence-corrected chi connectivity index (χ2v) is 6.41. The molecule has 0 unspecified atom stereocenters. The Hall–Kier alpha value is -3.40. The molecule has 3 rings (SSSR count). The fourth-order valence-electron chi connectivity index (χ4n) is 3.15. The normalized spacial score (nSPS) is 10.5. The van der Waals surface area contributed by atoms with Gasteiger partial charge in [-0.1, -0.05) is 66.7 Å². The molecule has 0 amide bonds. The number of carbonyl (C=O) groups excluding carboxylic acids is 2. The van der Waals surface area contributed by atoms with Gasteiger partial charge >= 0.3 is 0 Å². The Morgan fingerprint density at radius 2 is 1.21 bits per heavy atom. The van der Waals surface area contributed by atoms with E-state index >= 15 is 0 Å². The average molecular weight is 374 g/mol. The summed E-state index contributed by atoms with van der Waals surface area (Å²) in [5, 5.41) is 0. The number of ether oxygens (including phenoxy) is 2. The van der Waals surface area contributed by atoms with Gasteiger partial charge in [-0.15, -0.1) is 0 Å². The molecule has 142 valence electrons. The van der Waals surface area contributed by atoms with Crippen molar-refractivity contribution in [1.82, 2.24) is 0 Å². The zero-order chi connectivity index (χ0) is 19.9. The fourth-order valence-corrected chi connectivity index (χ4v) is 3.15. The first-order chi connectivity index (χ1) is 13.6. The second-order valence-electron chi connectivity index (χ2n) is 6.41. The number of benzene rings is 3. The highest BCUT2D eigenvalue weighted by molar-refractivity contribution is 6.16. The van der Waals surface area contributed by atoms with Gasteiger partial charge in [0.1, 0.15) is 0 Å². The van der Waals surface area contributed by atoms with Crippen LogP contribution in [0.3, 0.4) is 0 Å². The number of hydrogen-bond donors (Lipinski definition) is 0. The second kappa shape index (κ2) is 9.00. The van der Waals surface area contributed by atoms with E-state index < -0.39 is 5.92 Å². The molecule has 3 aromatic rings. The van der Waals surface area contributed by atoms with Crippen LogP contribution in [0.4, 0.5) is 0 Å². The topological polar surface area (TPSA) is 52.6 Å². The van der Waals surface area contributed by atoms with Crippen LogP contribution < -0.4 is 9.47 Å². The lowest BCUT2D eigenvalue weighted by molar-refractivity contribution is 0.0806. The molecule has 0 aliphatic heterocycles. The average Bonchev–Trinajstić information content (AvgIpc) is 2.77.